The second-order valence-electron chi connectivity index (χ2n) is 5.90. The maximum Gasteiger partial charge on any atom is 0.291 e. The second kappa shape index (κ2) is 6.97. The van der Waals surface area contributed by atoms with Crippen molar-refractivity contribution in [3.05, 3.63) is 81.3 Å². The summed E-state index contributed by atoms with van der Waals surface area (Å²) < 4.78 is 28.9. The van der Waals surface area contributed by atoms with Crippen molar-refractivity contribution in [3.63, 3.8) is 0 Å². The Hall–Kier alpha value is -2.81. The van der Waals surface area contributed by atoms with E-state index in [1.54, 1.807) is 24.4 Å². The molecule has 0 saturated carbocycles. The number of hydrogen-bond donors (Lipinski definition) is 2. The summed E-state index contributed by atoms with van der Waals surface area (Å²) in [5.74, 6) is 0. The number of halogens is 2. The third-order valence-electron chi connectivity index (χ3n) is 4.07. The molecule has 2 aromatic carbocycles. The Balaban J connectivity index is 1.64. The number of H-pyrrole nitrogens is 1. The maximum absolute atomic E-state index is 12.6. The van der Waals surface area contributed by atoms with Crippen molar-refractivity contribution >= 4 is 49.8 Å². The Kier molecular flexibility index (Phi) is 4.62. The van der Waals surface area contributed by atoms with Gasteiger partial charge in [-0.3, -0.25) is 9.52 Å². The summed E-state index contributed by atoms with van der Waals surface area (Å²) in [6, 6.07) is 12.7. The summed E-state index contributed by atoms with van der Waals surface area (Å²) in [4.78, 5) is 15.2. The molecule has 0 saturated heterocycles. The summed E-state index contributed by atoms with van der Waals surface area (Å²) in [5.41, 5.74) is 1.12. The van der Waals surface area contributed by atoms with Gasteiger partial charge < -0.3 is 4.98 Å². The van der Waals surface area contributed by atoms with Crippen LogP contribution in [0.15, 0.2) is 70.6 Å². The number of nitrogens with zero attached hydrogens (tertiary/aromatic N) is 2. The SMILES string of the molecule is O=c1c(Cl)c(Cl)cnn1-c1ccc(S(=O)(=O)Nc2ccc3[nH]ccc3c2)cc1. The predicted octanol–water partition coefficient (Wildman–Crippen LogP) is 3.82. The van der Waals surface area contributed by atoms with Gasteiger partial charge in [0.25, 0.3) is 15.6 Å². The van der Waals surface area contributed by atoms with Crippen molar-refractivity contribution in [2.24, 2.45) is 0 Å². The highest BCUT2D eigenvalue weighted by molar-refractivity contribution is 7.92. The van der Waals surface area contributed by atoms with Crippen LogP contribution in [0.5, 0.6) is 0 Å². The lowest BCUT2D eigenvalue weighted by Crippen LogP contribution is -2.21. The van der Waals surface area contributed by atoms with E-state index in [9.17, 15) is 13.2 Å². The average Bonchev–Trinajstić information content (AvgIpc) is 3.14. The molecule has 0 aliphatic heterocycles. The van der Waals surface area contributed by atoms with Crippen LogP contribution in [0.3, 0.4) is 0 Å². The minimum Gasteiger partial charge on any atom is -0.361 e. The van der Waals surface area contributed by atoms with Gasteiger partial charge in [0, 0.05) is 22.8 Å². The molecule has 28 heavy (non-hydrogen) atoms. The molecule has 0 atom stereocenters. The zero-order valence-corrected chi connectivity index (χ0v) is 16.4. The van der Waals surface area contributed by atoms with Gasteiger partial charge in [0.05, 0.1) is 21.8 Å². The molecule has 0 spiro atoms. The van der Waals surface area contributed by atoms with E-state index in [1.807, 2.05) is 6.07 Å². The lowest BCUT2D eigenvalue weighted by atomic mass is 10.2. The molecule has 4 rings (SSSR count). The lowest BCUT2D eigenvalue weighted by Gasteiger charge is -2.10. The molecule has 4 aromatic rings. The minimum absolute atomic E-state index is 0.0403. The van der Waals surface area contributed by atoms with Crippen LogP contribution in [-0.4, -0.2) is 23.2 Å². The van der Waals surface area contributed by atoms with E-state index in [2.05, 4.69) is 14.8 Å². The number of aromatic nitrogens is 3. The number of fused-ring (bicyclic) bond motifs is 1. The number of anilines is 1. The van der Waals surface area contributed by atoms with Crippen LogP contribution in [0.25, 0.3) is 16.6 Å². The molecule has 0 fully saturated rings. The van der Waals surface area contributed by atoms with Gasteiger partial charge in [-0.2, -0.15) is 9.78 Å². The van der Waals surface area contributed by atoms with Crippen molar-refractivity contribution in [2.45, 2.75) is 4.90 Å². The lowest BCUT2D eigenvalue weighted by molar-refractivity contribution is 0.601. The Morgan fingerprint density at radius 3 is 2.54 bits per heavy atom. The highest BCUT2D eigenvalue weighted by Gasteiger charge is 2.16. The Morgan fingerprint density at radius 1 is 1.04 bits per heavy atom. The second-order valence-corrected chi connectivity index (χ2v) is 8.37. The van der Waals surface area contributed by atoms with Gasteiger partial charge >= 0.3 is 0 Å². The van der Waals surface area contributed by atoms with E-state index in [-0.39, 0.29) is 14.9 Å². The first-order valence-electron chi connectivity index (χ1n) is 7.99. The van der Waals surface area contributed by atoms with Gasteiger partial charge in [-0.1, -0.05) is 23.2 Å². The quantitative estimate of drug-likeness (QED) is 0.509. The summed E-state index contributed by atoms with van der Waals surface area (Å²) in [6.07, 6.45) is 3.02. The molecule has 0 aliphatic rings. The molecule has 2 heterocycles. The number of hydrogen-bond acceptors (Lipinski definition) is 4. The summed E-state index contributed by atoms with van der Waals surface area (Å²) in [7, 11) is -3.80. The zero-order valence-electron chi connectivity index (χ0n) is 14.1. The van der Waals surface area contributed by atoms with E-state index in [1.165, 1.54) is 30.5 Å². The van der Waals surface area contributed by atoms with E-state index < -0.39 is 15.6 Å². The van der Waals surface area contributed by atoms with Crippen LogP contribution in [0.2, 0.25) is 10.0 Å². The van der Waals surface area contributed by atoms with Crippen molar-refractivity contribution in [1.82, 2.24) is 14.8 Å². The van der Waals surface area contributed by atoms with Gasteiger partial charge in [0.1, 0.15) is 5.02 Å². The van der Waals surface area contributed by atoms with E-state index >= 15 is 0 Å². The number of aromatic amines is 1. The molecule has 2 aromatic heterocycles. The Labute approximate surface area is 169 Å². The minimum atomic E-state index is -3.80. The van der Waals surface area contributed by atoms with Gasteiger partial charge in [-0.15, -0.1) is 0 Å². The molecule has 0 bridgehead atoms. The first-order chi connectivity index (χ1) is 13.3. The zero-order chi connectivity index (χ0) is 19.9. The molecule has 0 amide bonds. The third-order valence-corrected chi connectivity index (χ3v) is 6.22. The van der Waals surface area contributed by atoms with Crippen LogP contribution in [0, 0.1) is 0 Å². The largest absolute Gasteiger partial charge is 0.361 e. The molecule has 142 valence electrons. The van der Waals surface area contributed by atoms with E-state index in [4.69, 9.17) is 23.2 Å². The van der Waals surface area contributed by atoms with Gasteiger partial charge in [0.15, 0.2) is 0 Å². The standard InChI is InChI=1S/C18H12Cl2N4O3S/c19-15-10-22-24(18(25)17(15)20)13-2-4-14(5-3-13)28(26,27)23-12-1-6-16-11(9-12)7-8-21-16/h1-10,21,23H. The molecular weight excluding hydrogens is 423 g/mol. The number of rotatable bonds is 4. The molecule has 2 N–H and O–H groups in total. The summed E-state index contributed by atoms with van der Waals surface area (Å²) in [5, 5.41) is 4.69. The fourth-order valence-electron chi connectivity index (χ4n) is 2.69. The monoisotopic (exact) mass is 434 g/mol. The Morgan fingerprint density at radius 2 is 1.79 bits per heavy atom. The number of benzene rings is 2. The van der Waals surface area contributed by atoms with E-state index in [0.29, 0.717) is 11.4 Å². The van der Waals surface area contributed by atoms with Gasteiger partial charge in [-0.05, 0) is 48.5 Å². The van der Waals surface area contributed by atoms with E-state index in [0.717, 1.165) is 15.6 Å². The average molecular weight is 435 g/mol. The van der Waals surface area contributed by atoms with Gasteiger partial charge in [-0.25, -0.2) is 8.42 Å². The smallest absolute Gasteiger partial charge is 0.291 e. The van der Waals surface area contributed by atoms with Crippen LogP contribution in [0.1, 0.15) is 0 Å². The fourth-order valence-corrected chi connectivity index (χ4v) is 4.00. The van der Waals surface area contributed by atoms with Crippen molar-refractivity contribution in [2.75, 3.05) is 4.72 Å². The highest BCUT2D eigenvalue weighted by atomic mass is 35.5. The van der Waals surface area contributed by atoms with Crippen LogP contribution in [0.4, 0.5) is 5.69 Å². The molecule has 7 nitrogen and oxygen atoms in total. The first-order valence-corrected chi connectivity index (χ1v) is 10.2. The molecule has 10 heteroatoms. The topological polar surface area (TPSA) is 96.8 Å². The summed E-state index contributed by atoms with van der Waals surface area (Å²) in [6.45, 7) is 0. The maximum atomic E-state index is 12.6. The molecule has 0 unspecified atom stereocenters. The highest BCUT2D eigenvalue weighted by Crippen LogP contribution is 2.22. The van der Waals surface area contributed by atoms with Crippen molar-refractivity contribution in [1.29, 1.82) is 0 Å². The fraction of sp³-hybridized carbons (Fsp3) is 0. The third kappa shape index (κ3) is 3.37. The molecule has 0 aliphatic carbocycles. The van der Waals surface area contributed by atoms with Gasteiger partial charge in [0.2, 0.25) is 0 Å². The normalized spacial score (nSPS) is 11.6. The predicted molar refractivity (Wildman–Crippen MR) is 109 cm³/mol. The first kappa shape index (κ1) is 18.5. The van der Waals surface area contributed by atoms with Crippen molar-refractivity contribution < 1.29 is 8.42 Å². The Bertz CT molecular complexity index is 1350. The van der Waals surface area contributed by atoms with Crippen LogP contribution in [-0.2, 0) is 10.0 Å². The number of sulfonamides is 1. The molecular formula is C18H12Cl2N4O3S. The van der Waals surface area contributed by atoms with Crippen LogP contribution < -0.4 is 10.3 Å². The molecule has 0 radical (unpaired) electrons. The van der Waals surface area contributed by atoms with Crippen LogP contribution >= 0.6 is 23.2 Å². The summed E-state index contributed by atoms with van der Waals surface area (Å²) >= 11 is 11.6. The van der Waals surface area contributed by atoms with Crippen molar-refractivity contribution in [3.8, 4) is 5.69 Å². The number of nitrogens with one attached hydrogen (secondary N) is 2.